The van der Waals surface area contributed by atoms with Crippen LogP contribution in [0.3, 0.4) is 0 Å². The van der Waals surface area contributed by atoms with Gasteiger partial charge in [0.2, 0.25) is 19.2 Å². The Morgan fingerprint density at radius 2 is 1.76 bits per heavy atom. The number of rotatable bonds is 12. The molecule has 1 aromatic carbocycles. The van der Waals surface area contributed by atoms with Crippen molar-refractivity contribution < 1.29 is 32.9 Å². The SMILES string of the molecule is COC(=O)CCC(CP(=O)(OC)c1ccc(NCc2cnc3nc(NC(=O)C(C)(C)C)[nH]c(=O)c3c2)cc1)C(=O)OC. The topological polar surface area (TPSA) is 179 Å². The lowest BCUT2D eigenvalue weighted by atomic mass is 9.96. The van der Waals surface area contributed by atoms with Gasteiger partial charge in [-0.3, -0.25) is 34.0 Å². The van der Waals surface area contributed by atoms with Crippen LogP contribution < -0.4 is 21.5 Å². The zero-order valence-corrected chi connectivity index (χ0v) is 25.4. The van der Waals surface area contributed by atoms with Gasteiger partial charge in [0.05, 0.1) is 25.5 Å². The lowest BCUT2D eigenvalue weighted by Gasteiger charge is -2.22. The summed E-state index contributed by atoms with van der Waals surface area (Å²) in [5, 5.41) is 6.49. The second kappa shape index (κ2) is 13.7. The Morgan fingerprint density at radius 1 is 1.07 bits per heavy atom. The average Bonchev–Trinajstić information content (AvgIpc) is 2.97. The van der Waals surface area contributed by atoms with Crippen LogP contribution >= 0.6 is 7.37 Å². The summed E-state index contributed by atoms with van der Waals surface area (Å²) in [6.45, 7) is 5.57. The lowest BCUT2D eigenvalue weighted by molar-refractivity contribution is -0.146. The molecular formula is C28H36N5O8P. The van der Waals surface area contributed by atoms with Gasteiger partial charge in [0.1, 0.15) is 0 Å². The van der Waals surface area contributed by atoms with Crippen molar-refractivity contribution in [2.75, 3.05) is 38.1 Å². The fourth-order valence-electron chi connectivity index (χ4n) is 3.95. The Hall–Kier alpha value is -4.09. The molecule has 0 spiro atoms. The number of pyridine rings is 1. The fourth-order valence-corrected chi connectivity index (χ4v) is 6.03. The molecule has 13 nitrogen and oxygen atoms in total. The van der Waals surface area contributed by atoms with Gasteiger partial charge in [-0.15, -0.1) is 0 Å². The standard InChI is InChI=1S/C28H36N5O8P/c1-28(2,3)26(37)33-27-31-23-21(24(35)32-27)13-17(15-30-23)14-29-19-8-10-20(11-9-19)42(38,41-6)16-18(25(36)40-5)7-12-22(34)39-4/h8-11,13,15,18,29H,7,12,14,16H2,1-6H3,(H2,30,31,32,33,35,37). The van der Waals surface area contributed by atoms with E-state index in [0.29, 0.717) is 23.1 Å². The second-order valence-corrected chi connectivity index (χ2v) is 13.2. The third kappa shape index (κ3) is 8.23. The molecule has 0 aliphatic rings. The Balaban J connectivity index is 1.71. The summed E-state index contributed by atoms with van der Waals surface area (Å²) in [6, 6.07) is 8.38. The number of aromatic nitrogens is 3. The molecule has 0 aliphatic carbocycles. The molecule has 42 heavy (non-hydrogen) atoms. The number of anilines is 2. The minimum Gasteiger partial charge on any atom is -0.469 e. The normalized spacial score (nSPS) is 13.6. The van der Waals surface area contributed by atoms with E-state index in [-0.39, 0.29) is 41.9 Å². The first-order valence-electron chi connectivity index (χ1n) is 13.1. The molecule has 1 amide bonds. The summed E-state index contributed by atoms with van der Waals surface area (Å²) in [5.74, 6) is -2.15. The number of aromatic amines is 1. The zero-order valence-electron chi connectivity index (χ0n) is 24.5. The number of benzene rings is 1. The van der Waals surface area contributed by atoms with Crippen LogP contribution in [0.15, 0.2) is 41.3 Å². The number of esters is 2. The molecule has 0 fully saturated rings. The van der Waals surface area contributed by atoms with Crippen LogP contribution in [-0.4, -0.2) is 60.3 Å². The third-order valence-electron chi connectivity index (χ3n) is 6.50. The summed E-state index contributed by atoms with van der Waals surface area (Å²) < 4.78 is 28.5. The first kappa shape index (κ1) is 32.4. The Labute approximate surface area is 243 Å². The largest absolute Gasteiger partial charge is 0.469 e. The molecule has 3 N–H and O–H groups in total. The van der Waals surface area contributed by atoms with E-state index in [1.54, 1.807) is 57.3 Å². The molecule has 0 saturated heterocycles. The number of carbonyl (C=O) groups excluding carboxylic acids is 3. The van der Waals surface area contributed by atoms with Gasteiger partial charge < -0.3 is 19.3 Å². The van der Waals surface area contributed by atoms with E-state index < -0.39 is 36.2 Å². The van der Waals surface area contributed by atoms with Gasteiger partial charge in [0.25, 0.3) is 5.56 Å². The van der Waals surface area contributed by atoms with E-state index in [2.05, 4.69) is 30.3 Å². The quantitative estimate of drug-likeness (QED) is 0.205. The number of methoxy groups -OCH3 is 2. The van der Waals surface area contributed by atoms with Crippen molar-refractivity contribution in [3.63, 3.8) is 0 Å². The van der Waals surface area contributed by atoms with Crippen molar-refractivity contribution in [3.05, 3.63) is 52.4 Å². The number of carbonyl (C=O) groups is 3. The molecule has 226 valence electrons. The number of amides is 1. The summed E-state index contributed by atoms with van der Waals surface area (Å²) in [6.07, 6.45) is 1.53. The van der Waals surface area contributed by atoms with Crippen LogP contribution in [0.2, 0.25) is 0 Å². The minimum absolute atomic E-state index is 0.0245. The Kier molecular flexibility index (Phi) is 10.6. The molecular weight excluding hydrogens is 565 g/mol. The van der Waals surface area contributed by atoms with Crippen molar-refractivity contribution in [3.8, 4) is 0 Å². The van der Waals surface area contributed by atoms with Gasteiger partial charge in [-0.1, -0.05) is 20.8 Å². The Morgan fingerprint density at radius 3 is 2.36 bits per heavy atom. The highest BCUT2D eigenvalue weighted by Gasteiger charge is 2.33. The van der Waals surface area contributed by atoms with Crippen LogP contribution in [0.4, 0.5) is 11.6 Å². The monoisotopic (exact) mass is 601 g/mol. The molecule has 0 bridgehead atoms. The molecule has 3 rings (SSSR count). The molecule has 2 heterocycles. The van der Waals surface area contributed by atoms with E-state index in [1.165, 1.54) is 21.3 Å². The van der Waals surface area contributed by atoms with Crippen molar-refractivity contribution in [1.82, 2.24) is 15.0 Å². The summed E-state index contributed by atoms with van der Waals surface area (Å²) in [5.41, 5.74) is 0.508. The van der Waals surface area contributed by atoms with Gasteiger partial charge in [-0.05, 0) is 42.3 Å². The number of nitrogens with one attached hydrogen (secondary N) is 3. The average molecular weight is 602 g/mol. The van der Waals surface area contributed by atoms with E-state index in [1.807, 2.05) is 0 Å². The summed E-state index contributed by atoms with van der Waals surface area (Å²) in [7, 11) is 0.338. The van der Waals surface area contributed by atoms with Crippen molar-refractivity contribution in [2.24, 2.45) is 11.3 Å². The van der Waals surface area contributed by atoms with E-state index in [0.717, 1.165) is 0 Å². The van der Waals surface area contributed by atoms with Crippen LogP contribution in [0.1, 0.15) is 39.2 Å². The highest BCUT2D eigenvalue weighted by molar-refractivity contribution is 7.67. The third-order valence-corrected chi connectivity index (χ3v) is 9.10. The van der Waals surface area contributed by atoms with Crippen molar-refractivity contribution in [1.29, 1.82) is 0 Å². The van der Waals surface area contributed by atoms with Crippen LogP contribution in [0, 0.1) is 11.3 Å². The summed E-state index contributed by atoms with van der Waals surface area (Å²) >= 11 is 0. The highest BCUT2D eigenvalue weighted by Crippen LogP contribution is 2.47. The van der Waals surface area contributed by atoms with E-state index >= 15 is 0 Å². The molecule has 3 aromatic rings. The lowest BCUT2D eigenvalue weighted by Crippen LogP contribution is -2.29. The van der Waals surface area contributed by atoms with E-state index in [4.69, 9.17) is 9.26 Å². The number of nitrogens with zero attached hydrogens (tertiary/aromatic N) is 2. The highest BCUT2D eigenvalue weighted by atomic mass is 31.2. The number of ether oxygens (including phenoxy) is 2. The van der Waals surface area contributed by atoms with Gasteiger partial charge in [0, 0.05) is 48.8 Å². The minimum atomic E-state index is -3.46. The number of hydrogen-bond acceptors (Lipinski definition) is 11. The summed E-state index contributed by atoms with van der Waals surface area (Å²) in [4.78, 5) is 59.9. The maximum Gasteiger partial charge on any atom is 0.309 e. The van der Waals surface area contributed by atoms with Crippen molar-refractivity contribution >= 4 is 53.2 Å². The van der Waals surface area contributed by atoms with Gasteiger partial charge in [-0.25, -0.2) is 4.98 Å². The smallest absolute Gasteiger partial charge is 0.309 e. The second-order valence-electron chi connectivity index (χ2n) is 10.6. The number of hydrogen-bond donors (Lipinski definition) is 3. The van der Waals surface area contributed by atoms with Gasteiger partial charge >= 0.3 is 11.9 Å². The fraction of sp³-hybridized carbons (Fsp3) is 0.429. The molecule has 2 atom stereocenters. The van der Waals surface area contributed by atoms with Crippen molar-refractivity contribution in [2.45, 2.75) is 40.2 Å². The molecule has 14 heteroatoms. The maximum atomic E-state index is 13.7. The first-order chi connectivity index (χ1) is 19.8. The number of H-pyrrole nitrogens is 1. The number of fused-ring (bicyclic) bond motifs is 1. The zero-order chi connectivity index (χ0) is 31.1. The van der Waals surface area contributed by atoms with E-state index in [9.17, 15) is 23.7 Å². The van der Waals surface area contributed by atoms with Crippen LogP contribution in [0.25, 0.3) is 11.0 Å². The molecule has 2 aromatic heterocycles. The predicted octanol–water partition coefficient (Wildman–Crippen LogP) is 3.21. The first-order valence-corrected chi connectivity index (χ1v) is 14.9. The molecule has 2 unspecified atom stereocenters. The van der Waals surface area contributed by atoms with Gasteiger partial charge in [-0.2, -0.15) is 4.98 Å². The maximum absolute atomic E-state index is 13.7. The molecule has 0 radical (unpaired) electrons. The molecule has 0 aliphatic heterocycles. The predicted molar refractivity (Wildman–Crippen MR) is 158 cm³/mol. The molecule has 0 saturated carbocycles. The van der Waals surface area contributed by atoms with Crippen LogP contribution in [-0.2, 0) is 39.5 Å². The van der Waals surface area contributed by atoms with Gasteiger partial charge in [0.15, 0.2) is 5.65 Å². The Bertz CT molecular complexity index is 1550. The van der Waals surface area contributed by atoms with Crippen LogP contribution in [0.5, 0.6) is 0 Å².